The minimum atomic E-state index is -0.241. The van der Waals surface area contributed by atoms with Crippen molar-refractivity contribution in [2.45, 2.75) is 13.3 Å². The molecule has 0 aliphatic heterocycles. The molecule has 5 heteroatoms. The minimum Gasteiger partial charge on any atom is -0.466 e. The van der Waals surface area contributed by atoms with E-state index in [1.165, 1.54) is 0 Å². The fraction of sp³-hybridized carbons (Fsp3) is 0.273. The largest absolute Gasteiger partial charge is 0.466 e. The second-order valence-electron chi connectivity index (χ2n) is 2.94. The standard InChI is InChI=1S/C11H11BrClNO2/c1-2-16-11(15)5-3-4-8-6-10(13)14-7-9(8)12/h3-4,6-7H,2,5H2,1H3. The van der Waals surface area contributed by atoms with Crippen LogP contribution in [0.2, 0.25) is 5.15 Å². The summed E-state index contributed by atoms with van der Waals surface area (Å²) in [7, 11) is 0. The lowest BCUT2D eigenvalue weighted by Crippen LogP contribution is -2.01. The number of carbonyl (C=O) groups is 1. The first kappa shape index (κ1) is 13.2. The zero-order valence-corrected chi connectivity index (χ0v) is 11.1. The lowest BCUT2D eigenvalue weighted by atomic mass is 10.2. The van der Waals surface area contributed by atoms with Crippen LogP contribution < -0.4 is 0 Å². The summed E-state index contributed by atoms with van der Waals surface area (Å²) in [6, 6.07) is 1.72. The molecule has 0 spiro atoms. The molecule has 0 aliphatic rings. The summed E-state index contributed by atoms with van der Waals surface area (Å²) in [4.78, 5) is 15.0. The van der Waals surface area contributed by atoms with Crippen molar-refractivity contribution < 1.29 is 9.53 Å². The van der Waals surface area contributed by atoms with E-state index >= 15 is 0 Å². The van der Waals surface area contributed by atoms with Gasteiger partial charge in [-0.05, 0) is 34.5 Å². The van der Waals surface area contributed by atoms with Crippen LogP contribution in [0.25, 0.3) is 6.08 Å². The fourth-order valence-corrected chi connectivity index (χ4v) is 1.57. The van der Waals surface area contributed by atoms with Gasteiger partial charge in [-0.3, -0.25) is 4.79 Å². The van der Waals surface area contributed by atoms with Crippen LogP contribution in [-0.2, 0) is 9.53 Å². The minimum absolute atomic E-state index is 0.241. The Bertz CT molecular complexity index is 407. The van der Waals surface area contributed by atoms with E-state index in [1.54, 1.807) is 31.3 Å². The summed E-state index contributed by atoms with van der Waals surface area (Å²) in [5, 5.41) is 0.416. The van der Waals surface area contributed by atoms with Gasteiger partial charge in [-0.2, -0.15) is 0 Å². The molecular formula is C11H11BrClNO2. The van der Waals surface area contributed by atoms with Gasteiger partial charge in [0.05, 0.1) is 13.0 Å². The molecule has 0 bridgehead atoms. The molecule has 1 rings (SSSR count). The predicted molar refractivity (Wildman–Crippen MR) is 67.2 cm³/mol. The number of esters is 1. The van der Waals surface area contributed by atoms with Crippen LogP contribution in [0.1, 0.15) is 18.9 Å². The Labute approximate surface area is 108 Å². The molecule has 0 atom stereocenters. The number of hydrogen-bond acceptors (Lipinski definition) is 3. The molecule has 1 aromatic rings. The van der Waals surface area contributed by atoms with Crippen molar-refractivity contribution in [1.82, 2.24) is 4.98 Å². The molecule has 1 heterocycles. The number of nitrogens with zero attached hydrogens (tertiary/aromatic N) is 1. The van der Waals surface area contributed by atoms with Crippen molar-refractivity contribution >= 4 is 39.6 Å². The highest BCUT2D eigenvalue weighted by molar-refractivity contribution is 9.10. The van der Waals surface area contributed by atoms with Crippen LogP contribution in [-0.4, -0.2) is 17.6 Å². The van der Waals surface area contributed by atoms with Crippen LogP contribution in [0.5, 0.6) is 0 Å². The molecule has 0 amide bonds. The van der Waals surface area contributed by atoms with E-state index in [1.807, 2.05) is 0 Å². The van der Waals surface area contributed by atoms with Gasteiger partial charge in [0.25, 0.3) is 0 Å². The van der Waals surface area contributed by atoms with Gasteiger partial charge in [-0.25, -0.2) is 4.98 Å². The zero-order valence-electron chi connectivity index (χ0n) is 8.74. The molecule has 0 saturated carbocycles. The van der Waals surface area contributed by atoms with Crippen molar-refractivity contribution in [3.05, 3.63) is 33.5 Å². The van der Waals surface area contributed by atoms with Crippen LogP contribution in [0.15, 0.2) is 22.8 Å². The number of hydrogen-bond donors (Lipinski definition) is 0. The normalized spacial score (nSPS) is 10.7. The Balaban J connectivity index is 2.62. The van der Waals surface area contributed by atoms with E-state index in [2.05, 4.69) is 20.9 Å². The number of carbonyl (C=O) groups excluding carboxylic acids is 1. The Kier molecular flexibility index (Phi) is 5.49. The molecule has 0 radical (unpaired) electrons. The quantitative estimate of drug-likeness (QED) is 0.631. The van der Waals surface area contributed by atoms with Gasteiger partial charge in [-0.15, -0.1) is 0 Å². The van der Waals surface area contributed by atoms with E-state index in [0.717, 1.165) is 10.0 Å². The molecule has 0 saturated heterocycles. The summed E-state index contributed by atoms with van der Waals surface area (Å²) >= 11 is 9.09. The van der Waals surface area contributed by atoms with E-state index in [0.29, 0.717) is 11.8 Å². The topological polar surface area (TPSA) is 39.2 Å². The molecule has 0 N–H and O–H groups in total. The first-order chi connectivity index (χ1) is 7.63. The highest BCUT2D eigenvalue weighted by Crippen LogP contribution is 2.20. The van der Waals surface area contributed by atoms with Gasteiger partial charge in [0, 0.05) is 10.7 Å². The SMILES string of the molecule is CCOC(=O)CC=Cc1cc(Cl)ncc1Br. The zero-order chi connectivity index (χ0) is 12.0. The summed E-state index contributed by atoms with van der Waals surface area (Å²) in [5.41, 5.74) is 0.879. The first-order valence-electron chi connectivity index (χ1n) is 4.76. The molecule has 0 unspecified atom stereocenters. The molecule has 1 aromatic heterocycles. The Morgan fingerprint density at radius 1 is 1.69 bits per heavy atom. The van der Waals surface area contributed by atoms with Crippen molar-refractivity contribution in [3.8, 4) is 0 Å². The smallest absolute Gasteiger partial charge is 0.309 e. The van der Waals surface area contributed by atoms with Gasteiger partial charge < -0.3 is 4.74 Å². The highest BCUT2D eigenvalue weighted by atomic mass is 79.9. The third kappa shape index (κ3) is 4.33. The van der Waals surface area contributed by atoms with Crippen molar-refractivity contribution in [2.75, 3.05) is 6.61 Å². The summed E-state index contributed by atoms with van der Waals surface area (Å²) in [6.07, 6.45) is 5.40. The lowest BCUT2D eigenvalue weighted by Gasteiger charge is -1.99. The predicted octanol–water partition coefficient (Wildman–Crippen LogP) is 3.46. The van der Waals surface area contributed by atoms with Gasteiger partial charge in [0.1, 0.15) is 5.15 Å². The Morgan fingerprint density at radius 3 is 3.12 bits per heavy atom. The molecule has 0 fully saturated rings. The van der Waals surface area contributed by atoms with Crippen LogP contribution in [0.4, 0.5) is 0 Å². The van der Waals surface area contributed by atoms with Crippen LogP contribution in [0.3, 0.4) is 0 Å². The van der Waals surface area contributed by atoms with E-state index in [-0.39, 0.29) is 12.4 Å². The van der Waals surface area contributed by atoms with Crippen LogP contribution in [0, 0.1) is 0 Å². The molecule has 3 nitrogen and oxygen atoms in total. The summed E-state index contributed by atoms with van der Waals surface area (Å²) in [5.74, 6) is -0.241. The number of pyridine rings is 1. The van der Waals surface area contributed by atoms with Gasteiger partial charge in [0.2, 0.25) is 0 Å². The Morgan fingerprint density at radius 2 is 2.44 bits per heavy atom. The molecular weight excluding hydrogens is 293 g/mol. The first-order valence-corrected chi connectivity index (χ1v) is 5.93. The third-order valence-electron chi connectivity index (χ3n) is 1.74. The number of ether oxygens (including phenoxy) is 1. The maximum absolute atomic E-state index is 11.1. The van der Waals surface area contributed by atoms with E-state index in [9.17, 15) is 4.79 Å². The summed E-state index contributed by atoms with van der Waals surface area (Å²) < 4.78 is 5.62. The third-order valence-corrected chi connectivity index (χ3v) is 2.61. The molecule has 16 heavy (non-hydrogen) atoms. The average molecular weight is 305 g/mol. The van der Waals surface area contributed by atoms with E-state index in [4.69, 9.17) is 16.3 Å². The fourth-order valence-electron chi connectivity index (χ4n) is 1.06. The second-order valence-corrected chi connectivity index (χ2v) is 4.18. The number of halogens is 2. The Hall–Kier alpha value is -0.870. The molecule has 0 aliphatic carbocycles. The van der Waals surface area contributed by atoms with Crippen molar-refractivity contribution in [2.24, 2.45) is 0 Å². The summed E-state index contributed by atoms with van der Waals surface area (Å²) in [6.45, 7) is 2.18. The number of rotatable bonds is 4. The maximum atomic E-state index is 11.1. The monoisotopic (exact) mass is 303 g/mol. The lowest BCUT2D eigenvalue weighted by molar-refractivity contribution is -0.142. The molecule has 86 valence electrons. The number of aromatic nitrogens is 1. The van der Waals surface area contributed by atoms with Gasteiger partial charge >= 0.3 is 5.97 Å². The van der Waals surface area contributed by atoms with Crippen LogP contribution >= 0.6 is 27.5 Å². The average Bonchev–Trinajstić information content (AvgIpc) is 2.23. The van der Waals surface area contributed by atoms with Gasteiger partial charge in [0.15, 0.2) is 0 Å². The van der Waals surface area contributed by atoms with E-state index < -0.39 is 0 Å². The van der Waals surface area contributed by atoms with Gasteiger partial charge in [-0.1, -0.05) is 23.8 Å². The van der Waals surface area contributed by atoms with Crippen molar-refractivity contribution in [3.63, 3.8) is 0 Å². The highest BCUT2D eigenvalue weighted by Gasteiger charge is 2.00. The second kappa shape index (κ2) is 6.66. The maximum Gasteiger partial charge on any atom is 0.309 e. The van der Waals surface area contributed by atoms with Crippen molar-refractivity contribution in [1.29, 1.82) is 0 Å². The molecule has 0 aromatic carbocycles.